The lowest BCUT2D eigenvalue weighted by atomic mass is 10.1. The highest BCUT2D eigenvalue weighted by Crippen LogP contribution is 2.15. The molecule has 2 rings (SSSR count). The van der Waals surface area contributed by atoms with Gasteiger partial charge in [-0.05, 0) is 26.8 Å². The van der Waals surface area contributed by atoms with Crippen molar-refractivity contribution in [1.82, 2.24) is 9.97 Å². The van der Waals surface area contributed by atoms with Gasteiger partial charge in [0.25, 0.3) is 0 Å². The quantitative estimate of drug-likeness (QED) is 0.816. The molecule has 0 amide bonds. The van der Waals surface area contributed by atoms with Crippen LogP contribution in [0.4, 0.5) is 5.95 Å². The van der Waals surface area contributed by atoms with E-state index >= 15 is 0 Å². The highest BCUT2D eigenvalue weighted by molar-refractivity contribution is 5.33. The zero-order valence-corrected chi connectivity index (χ0v) is 10.7. The van der Waals surface area contributed by atoms with Crippen LogP contribution in [0.3, 0.4) is 0 Å². The van der Waals surface area contributed by atoms with Gasteiger partial charge < -0.3 is 15.4 Å². The summed E-state index contributed by atoms with van der Waals surface area (Å²) in [6.45, 7) is 8.22. The van der Waals surface area contributed by atoms with E-state index in [4.69, 9.17) is 10.5 Å². The van der Waals surface area contributed by atoms with Crippen molar-refractivity contribution in [1.29, 1.82) is 0 Å². The van der Waals surface area contributed by atoms with Crippen molar-refractivity contribution in [3.63, 3.8) is 0 Å². The lowest BCUT2D eigenvalue weighted by molar-refractivity contribution is 0.0270. The van der Waals surface area contributed by atoms with Gasteiger partial charge in [0.15, 0.2) is 0 Å². The number of hydrogen-bond donors (Lipinski definition) is 1. The lowest BCUT2D eigenvalue weighted by Crippen LogP contribution is -2.50. The van der Waals surface area contributed by atoms with Gasteiger partial charge in [0.2, 0.25) is 5.95 Å². The van der Waals surface area contributed by atoms with Gasteiger partial charge in [0, 0.05) is 30.5 Å². The molecule has 2 heterocycles. The first kappa shape index (κ1) is 12.3. The van der Waals surface area contributed by atoms with Crippen LogP contribution in [0.25, 0.3) is 0 Å². The molecule has 2 atom stereocenters. The fraction of sp³-hybridized carbons (Fsp3) is 0.667. The van der Waals surface area contributed by atoms with Crippen molar-refractivity contribution in [2.75, 3.05) is 24.6 Å². The maximum absolute atomic E-state index is 5.87. The number of hydrogen-bond acceptors (Lipinski definition) is 5. The van der Waals surface area contributed by atoms with E-state index < -0.39 is 0 Å². The summed E-state index contributed by atoms with van der Waals surface area (Å²) < 4.78 is 5.63. The highest BCUT2D eigenvalue weighted by Gasteiger charge is 2.25. The molecule has 1 aliphatic rings. The SMILES string of the molecule is Cc1cc(C)nc(N2CCOC(C(C)N)C2)n1. The predicted octanol–water partition coefficient (Wildman–Crippen LogP) is 0.646. The van der Waals surface area contributed by atoms with E-state index in [0.29, 0.717) is 6.61 Å². The number of ether oxygens (including phenoxy) is 1. The first-order valence-corrected chi connectivity index (χ1v) is 6.00. The van der Waals surface area contributed by atoms with Crippen LogP contribution in [0, 0.1) is 13.8 Å². The van der Waals surface area contributed by atoms with Crippen LogP contribution in [0.5, 0.6) is 0 Å². The van der Waals surface area contributed by atoms with E-state index in [0.717, 1.165) is 30.4 Å². The standard InChI is InChI=1S/C12H20N4O/c1-8-6-9(2)15-12(14-8)16-4-5-17-11(7-16)10(3)13/h6,10-11H,4-5,7,13H2,1-3H3. The maximum atomic E-state index is 5.87. The molecule has 2 unspecified atom stereocenters. The van der Waals surface area contributed by atoms with Crippen LogP contribution >= 0.6 is 0 Å². The highest BCUT2D eigenvalue weighted by atomic mass is 16.5. The number of aromatic nitrogens is 2. The minimum Gasteiger partial charge on any atom is -0.373 e. The fourth-order valence-electron chi connectivity index (χ4n) is 2.02. The predicted molar refractivity (Wildman–Crippen MR) is 67.1 cm³/mol. The molecule has 17 heavy (non-hydrogen) atoms. The molecular formula is C12H20N4O. The molecule has 94 valence electrons. The van der Waals surface area contributed by atoms with Gasteiger partial charge in [-0.25, -0.2) is 9.97 Å². The Bertz CT molecular complexity index is 374. The van der Waals surface area contributed by atoms with Crippen molar-refractivity contribution < 1.29 is 4.74 Å². The summed E-state index contributed by atoms with van der Waals surface area (Å²) in [5.41, 5.74) is 7.87. The van der Waals surface area contributed by atoms with Crippen LogP contribution in [0.15, 0.2) is 6.07 Å². The number of nitrogens with zero attached hydrogens (tertiary/aromatic N) is 3. The minimum atomic E-state index is 0.0312. The molecule has 0 aliphatic carbocycles. The maximum Gasteiger partial charge on any atom is 0.225 e. The van der Waals surface area contributed by atoms with Crippen LogP contribution in [0.2, 0.25) is 0 Å². The van der Waals surface area contributed by atoms with Crippen molar-refractivity contribution in [2.24, 2.45) is 5.73 Å². The number of anilines is 1. The zero-order valence-electron chi connectivity index (χ0n) is 10.7. The summed E-state index contributed by atoms with van der Waals surface area (Å²) >= 11 is 0. The number of rotatable bonds is 2. The molecule has 0 radical (unpaired) electrons. The molecule has 5 nitrogen and oxygen atoms in total. The molecule has 1 saturated heterocycles. The Morgan fingerprint density at radius 1 is 1.41 bits per heavy atom. The second-order valence-electron chi connectivity index (χ2n) is 4.67. The van der Waals surface area contributed by atoms with Crippen molar-refractivity contribution in [3.05, 3.63) is 17.5 Å². The van der Waals surface area contributed by atoms with Gasteiger partial charge in [0.05, 0.1) is 12.7 Å². The molecular weight excluding hydrogens is 216 g/mol. The molecule has 1 aromatic heterocycles. The molecule has 1 aromatic rings. The first-order valence-electron chi connectivity index (χ1n) is 6.00. The third-order valence-corrected chi connectivity index (χ3v) is 2.93. The molecule has 0 spiro atoms. The second-order valence-corrected chi connectivity index (χ2v) is 4.67. The fourth-order valence-corrected chi connectivity index (χ4v) is 2.02. The van der Waals surface area contributed by atoms with E-state index in [9.17, 15) is 0 Å². The first-order chi connectivity index (χ1) is 8.06. The zero-order chi connectivity index (χ0) is 12.4. The second kappa shape index (κ2) is 4.98. The van der Waals surface area contributed by atoms with E-state index in [1.54, 1.807) is 0 Å². The monoisotopic (exact) mass is 236 g/mol. The van der Waals surface area contributed by atoms with Crippen LogP contribution in [0.1, 0.15) is 18.3 Å². The van der Waals surface area contributed by atoms with Crippen molar-refractivity contribution >= 4 is 5.95 Å². The van der Waals surface area contributed by atoms with E-state index in [2.05, 4.69) is 14.9 Å². The summed E-state index contributed by atoms with van der Waals surface area (Å²) in [5.74, 6) is 0.788. The summed E-state index contributed by atoms with van der Waals surface area (Å²) in [7, 11) is 0. The number of nitrogens with two attached hydrogens (primary N) is 1. The molecule has 1 aliphatic heterocycles. The van der Waals surface area contributed by atoms with E-state index in [1.165, 1.54) is 0 Å². The Kier molecular flexibility index (Phi) is 3.59. The Labute approximate surface area is 102 Å². The van der Waals surface area contributed by atoms with E-state index in [1.807, 2.05) is 26.8 Å². The lowest BCUT2D eigenvalue weighted by Gasteiger charge is -2.34. The Hall–Kier alpha value is -1.20. The van der Waals surface area contributed by atoms with Crippen molar-refractivity contribution in [2.45, 2.75) is 32.9 Å². The summed E-state index contributed by atoms with van der Waals surface area (Å²) in [5, 5.41) is 0. The molecule has 0 aromatic carbocycles. The third-order valence-electron chi connectivity index (χ3n) is 2.93. The average molecular weight is 236 g/mol. The van der Waals surface area contributed by atoms with Gasteiger partial charge >= 0.3 is 0 Å². The molecule has 2 N–H and O–H groups in total. The summed E-state index contributed by atoms with van der Waals surface area (Å²) in [6, 6.07) is 2.01. The molecule has 0 saturated carbocycles. The van der Waals surface area contributed by atoms with Crippen LogP contribution in [-0.2, 0) is 4.74 Å². The van der Waals surface area contributed by atoms with Gasteiger partial charge in [-0.2, -0.15) is 0 Å². The van der Waals surface area contributed by atoms with Crippen LogP contribution in [-0.4, -0.2) is 41.8 Å². The Morgan fingerprint density at radius 2 is 2.06 bits per heavy atom. The smallest absolute Gasteiger partial charge is 0.225 e. The average Bonchev–Trinajstić information content (AvgIpc) is 2.28. The van der Waals surface area contributed by atoms with Gasteiger partial charge in [-0.15, -0.1) is 0 Å². The molecule has 5 heteroatoms. The summed E-state index contributed by atoms with van der Waals surface area (Å²) in [6.07, 6.45) is 0.0631. The Balaban J connectivity index is 2.16. The molecule has 0 bridgehead atoms. The van der Waals surface area contributed by atoms with Gasteiger partial charge in [-0.1, -0.05) is 0 Å². The topological polar surface area (TPSA) is 64.3 Å². The number of morpholine rings is 1. The molecule has 1 fully saturated rings. The Morgan fingerprint density at radius 3 is 2.65 bits per heavy atom. The van der Waals surface area contributed by atoms with Crippen molar-refractivity contribution in [3.8, 4) is 0 Å². The normalized spacial score (nSPS) is 22.6. The van der Waals surface area contributed by atoms with E-state index in [-0.39, 0.29) is 12.1 Å². The van der Waals surface area contributed by atoms with Gasteiger partial charge in [0.1, 0.15) is 0 Å². The largest absolute Gasteiger partial charge is 0.373 e. The third kappa shape index (κ3) is 2.92. The van der Waals surface area contributed by atoms with Crippen LogP contribution < -0.4 is 10.6 Å². The minimum absolute atomic E-state index is 0.0312. The summed E-state index contributed by atoms with van der Waals surface area (Å²) in [4.78, 5) is 11.1. The van der Waals surface area contributed by atoms with Gasteiger partial charge in [-0.3, -0.25) is 0 Å². The number of aryl methyl sites for hydroxylation is 2.